The van der Waals surface area contributed by atoms with Crippen molar-refractivity contribution in [2.24, 2.45) is 0 Å². The number of carbonyl (C=O) groups excluding carboxylic acids is 1. The smallest absolute Gasteiger partial charge is 0.355 e. The highest BCUT2D eigenvalue weighted by molar-refractivity contribution is 7.17. The van der Waals surface area contributed by atoms with E-state index in [9.17, 15) is 4.79 Å². The lowest BCUT2D eigenvalue weighted by Crippen LogP contribution is -2.06. The Hall–Kier alpha value is -1.88. The van der Waals surface area contributed by atoms with Crippen molar-refractivity contribution >= 4 is 38.4 Å². The van der Waals surface area contributed by atoms with Crippen LogP contribution in [0.1, 0.15) is 36.8 Å². The van der Waals surface area contributed by atoms with Gasteiger partial charge in [-0.25, -0.2) is 9.78 Å². The van der Waals surface area contributed by atoms with Crippen molar-refractivity contribution in [2.45, 2.75) is 27.7 Å². The molecule has 20 heavy (non-hydrogen) atoms. The first-order valence-corrected chi connectivity index (χ1v) is 7.62. The monoisotopic (exact) mass is 290 g/mol. The van der Waals surface area contributed by atoms with E-state index in [1.807, 2.05) is 38.4 Å². The molecule has 1 aromatic carbocycles. The van der Waals surface area contributed by atoms with Gasteiger partial charge >= 0.3 is 5.97 Å². The van der Waals surface area contributed by atoms with Crippen LogP contribution in [0.3, 0.4) is 0 Å². The van der Waals surface area contributed by atoms with Crippen LogP contribution in [-0.2, 0) is 4.74 Å². The van der Waals surface area contributed by atoms with E-state index in [-0.39, 0.29) is 5.97 Å². The number of benzene rings is 1. The first kappa shape index (κ1) is 14.5. The molecule has 3 aromatic rings. The SMILES string of the molecule is CC.CCOC(=O)c1[nH]c2ccc3ncsc3c2c1C. The molecule has 3 rings (SSSR count). The van der Waals surface area contributed by atoms with Crippen molar-refractivity contribution in [2.75, 3.05) is 6.61 Å². The number of nitrogens with zero attached hydrogens (tertiary/aromatic N) is 1. The third kappa shape index (κ3) is 2.29. The molecule has 5 heteroatoms. The lowest BCUT2D eigenvalue weighted by Gasteiger charge is -1.99. The lowest BCUT2D eigenvalue weighted by molar-refractivity contribution is 0.0520. The zero-order valence-electron chi connectivity index (χ0n) is 12.1. The first-order chi connectivity index (χ1) is 9.72. The van der Waals surface area contributed by atoms with Gasteiger partial charge < -0.3 is 9.72 Å². The molecule has 0 amide bonds. The van der Waals surface area contributed by atoms with Crippen molar-refractivity contribution < 1.29 is 9.53 Å². The molecule has 106 valence electrons. The van der Waals surface area contributed by atoms with E-state index < -0.39 is 0 Å². The second-order valence-electron chi connectivity index (χ2n) is 4.03. The normalized spacial score (nSPS) is 10.4. The minimum absolute atomic E-state index is 0.302. The summed E-state index contributed by atoms with van der Waals surface area (Å²) < 4.78 is 6.16. The Kier molecular flexibility index (Phi) is 4.39. The number of aromatic amines is 1. The maximum absolute atomic E-state index is 11.8. The summed E-state index contributed by atoms with van der Waals surface area (Å²) in [5, 5.41) is 1.07. The number of rotatable bonds is 2. The number of ether oxygens (including phenoxy) is 1. The maximum atomic E-state index is 11.8. The molecule has 2 aromatic heterocycles. The molecule has 0 aliphatic heterocycles. The van der Waals surface area contributed by atoms with Gasteiger partial charge in [0.05, 0.1) is 22.3 Å². The molecule has 1 N–H and O–H groups in total. The van der Waals surface area contributed by atoms with Crippen molar-refractivity contribution in [3.05, 3.63) is 28.9 Å². The Balaban J connectivity index is 0.000000704. The minimum Gasteiger partial charge on any atom is -0.461 e. The molecule has 0 saturated heterocycles. The molecule has 0 saturated carbocycles. The summed E-state index contributed by atoms with van der Waals surface area (Å²) in [6.07, 6.45) is 0. The Morgan fingerprint density at radius 1 is 1.40 bits per heavy atom. The van der Waals surface area contributed by atoms with Gasteiger partial charge in [0.15, 0.2) is 0 Å². The first-order valence-electron chi connectivity index (χ1n) is 6.74. The topological polar surface area (TPSA) is 55.0 Å². The van der Waals surface area contributed by atoms with Crippen LogP contribution < -0.4 is 0 Å². The summed E-state index contributed by atoms with van der Waals surface area (Å²) >= 11 is 1.59. The summed E-state index contributed by atoms with van der Waals surface area (Å²) in [7, 11) is 0. The molecule has 0 radical (unpaired) electrons. The van der Waals surface area contributed by atoms with Crippen LogP contribution in [0.25, 0.3) is 21.1 Å². The third-order valence-corrected chi connectivity index (χ3v) is 3.85. The van der Waals surface area contributed by atoms with Crippen LogP contribution in [0.5, 0.6) is 0 Å². The van der Waals surface area contributed by atoms with E-state index in [0.29, 0.717) is 12.3 Å². The largest absolute Gasteiger partial charge is 0.461 e. The number of aromatic nitrogens is 2. The highest BCUT2D eigenvalue weighted by atomic mass is 32.1. The number of aryl methyl sites for hydroxylation is 1. The van der Waals surface area contributed by atoms with E-state index in [0.717, 1.165) is 26.7 Å². The fourth-order valence-corrected chi connectivity index (χ4v) is 3.06. The molecule has 0 fully saturated rings. The van der Waals surface area contributed by atoms with E-state index in [1.54, 1.807) is 18.3 Å². The van der Waals surface area contributed by atoms with Crippen molar-refractivity contribution in [3.63, 3.8) is 0 Å². The van der Waals surface area contributed by atoms with Crippen LogP contribution in [0, 0.1) is 6.92 Å². The van der Waals surface area contributed by atoms with Gasteiger partial charge in [0.2, 0.25) is 0 Å². The van der Waals surface area contributed by atoms with Gasteiger partial charge in [-0.2, -0.15) is 0 Å². The van der Waals surface area contributed by atoms with Gasteiger partial charge in [0.25, 0.3) is 0 Å². The predicted molar refractivity (Wildman–Crippen MR) is 83.5 cm³/mol. The van der Waals surface area contributed by atoms with Gasteiger partial charge in [-0.05, 0) is 31.5 Å². The molecule has 0 atom stereocenters. The van der Waals surface area contributed by atoms with Crippen LogP contribution in [0.4, 0.5) is 0 Å². The number of esters is 1. The van der Waals surface area contributed by atoms with E-state index in [1.165, 1.54) is 0 Å². The molecular formula is C15H18N2O2S. The standard InChI is InChI=1S/C13H12N2O2S.C2H6/c1-3-17-13(16)11-7(2)10-8(15-11)4-5-9-12(10)18-6-14-9;1-2/h4-6,15H,3H2,1-2H3;1-2H3. The van der Waals surface area contributed by atoms with Crippen molar-refractivity contribution in [3.8, 4) is 0 Å². The number of hydrogen-bond donors (Lipinski definition) is 1. The predicted octanol–water partition coefficient (Wildman–Crippen LogP) is 4.29. The summed E-state index contributed by atoms with van der Waals surface area (Å²) in [6.45, 7) is 8.12. The lowest BCUT2D eigenvalue weighted by atomic mass is 10.1. The Bertz CT molecular complexity index is 743. The maximum Gasteiger partial charge on any atom is 0.355 e. The number of H-pyrrole nitrogens is 1. The van der Waals surface area contributed by atoms with Crippen LogP contribution in [0.15, 0.2) is 17.6 Å². The van der Waals surface area contributed by atoms with Crippen LogP contribution in [-0.4, -0.2) is 22.5 Å². The molecular weight excluding hydrogens is 272 g/mol. The van der Waals surface area contributed by atoms with Gasteiger partial charge in [-0.15, -0.1) is 11.3 Å². The Morgan fingerprint density at radius 2 is 2.15 bits per heavy atom. The molecule has 4 nitrogen and oxygen atoms in total. The quantitative estimate of drug-likeness (QED) is 0.716. The number of nitrogens with one attached hydrogen (secondary N) is 1. The van der Waals surface area contributed by atoms with Gasteiger partial charge in [0.1, 0.15) is 5.69 Å². The van der Waals surface area contributed by atoms with Crippen molar-refractivity contribution in [1.29, 1.82) is 0 Å². The number of hydrogen-bond acceptors (Lipinski definition) is 4. The fourth-order valence-electron chi connectivity index (χ4n) is 2.17. The average Bonchev–Trinajstić information content (AvgIpc) is 3.05. The van der Waals surface area contributed by atoms with E-state index in [4.69, 9.17) is 4.74 Å². The third-order valence-electron chi connectivity index (χ3n) is 2.99. The fraction of sp³-hybridized carbons (Fsp3) is 0.333. The zero-order valence-corrected chi connectivity index (χ0v) is 12.9. The molecule has 0 bridgehead atoms. The summed E-state index contributed by atoms with van der Waals surface area (Å²) in [4.78, 5) is 19.3. The van der Waals surface area contributed by atoms with E-state index in [2.05, 4.69) is 9.97 Å². The molecule has 0 aliphatic carbocycles. The number of fused-ring (bicyclic) bond motifs is 3. The average molecular weight is 290 g/mol. The second kappa shape index (κ2) is 6.05. The molecule has 0 unspecified atom stereocenters. The molecule has 0 spiro atoms. The van der Waals surface area contributed by atoms with Gasteiger partial charge in [-0.1, -0.05) is 13.8 Å². The van der Waals surface area contributed by atoms with Crippen LogP contribution >= 0.6 is 11.3 Å². The van der Waals surface area contributed by atoms with Gasteiger partial charge in [-0.3, -0.25) is 0 Å². The Morgan fingerprint density at radius 3 is 2.85 bits per heavy atom. The van der Waals surface area contributed by atoms with E-state index >= 15 is 0 Å². The molecule has 2 heterocycles. The van der Waals surface area contributed by atoms with Crippen molar-refractivity contribution in [1.82, 2.24) is 9.97 Å². The minimum atomic E-state index is -0.302. The van der Waals surface area contributed by atoms with Crippen LogP contribution in [0.2, 0.25) is 0 Å². The highest BCUT2D eigenvalue weighted by Crippen LogP contribution is 2.32. The summed E-state index contributed by atoms with van der Waals surface area (Å²) in [5.74, 6) is -0.302. The number of carbonyl (C=O) groups is 1. The Labute approximate surface area is 121 Å². The highest BCUT2D eigenvalue weighted by Gasteiger charge is 2.17. The second-order valence-corrected chi connectivity index (χ2v) is 4.89. The number of thiazole rings is 1. The zero-order chi connectivity index (χ0) is 14.7. The molecule has 0 aliphatic rings. The van der Waals surface area contributed by atoms with Gasteiger partial charge in [0, 0.05) is 10.9 Å². The summed E-state index contributed by atoms with van der Waals surface area (Å²) in [6, 6.07) is 3.91. The summed E-state index contributed by atoms with van der Waals surface area (Å²) in [5.41, 5.74) is 5.20.